The van der Waals surface area contributed by atoms with Crippen LogP contribution in [0.5, 0.6) is 11.5 Å². The normalized spacial score (nSPS) is 13.3. The Morgan fingerprint density at radius 2 is 1.39 bits per heavy atom. The smallest absolute Gasteiger partial charge is 0.164 e. The van der Waals surface area contributed by atoms with Crippen molar-refractivity contribution in [2.45, 2.75) is 109 Å². The zero-order chi connectivity index (χ0) is 28.0. The molecule has 38 heavy (non-hydrogen) atoms. The fourth-order valence-corrected chi connectivity index (χ4v) is 4.13. The Labute approximate surface area is 228 Å². The van der Waals surface area contributed by atoms with Crippen LogP contribution in [0, 0.1) is 0 Å². The Bertz CT molecular complexity index is 847. The topological polar surface area (TPSA) is 124 Å². The van der Waals surface area contributed by atoms with Crippen molar-refractivity contribution in [2.75, 3.05) is 13.7 Å². The van der Waals surface area contributed by atoms with E-state index in [1.54, 1.807) is 30.4 Å². The Morgan fingerprint density at radius 1 is 0.842 bits per heavy atom. The van der Waals surface area contributed by atoms with Crippen molar-refractivity contribution in [3.63, 3.8) is 0 Å². The number of hydrogen-bond donors (Lipinski definition) is 4. The highest BCUT2D eigenvalue weighted by molar-refractivity contribution is 5.93. The van der Waals surface area contributed by atoms with Gasteiger partial charge in [-0.3, -0.25) is 9.59 Å². The molecule has 0 bridgehead atoms. The van der Waals surface area contributed by atoms with E-state index in [-0.39, 0.29) is 18.0 Å². The molecule has 1 aromatic carbocycles. The van der Waals surface area contributed by atoms with Crippen molar-refractivity contribution in [1.82, 2.24) is 0 Å². The third-order valence-corrected chi connectivity index (χ3v) is 6.55. The summed E-state index contributed by atoms with van der Waals surface area (Å²) in [6.07, 6.45) is 19.7. The Hall–Kier alpha value is -2.48. The van der Waals surface area contributed by atoms with Gasteiger partial charge in [0, 0.05) is 12.8 Å². The van der Waals surface area contributed by atoms with Gasteiger partial charge in [0.05, 0.1) is 13.7 Å². The van der Waals surface area contributed by atoms with Crippen molar-refractivity contribution < 1.29 is 34.8 Å². The van der Waals surface area contributed by atoms with Crippen LogP contribution >= 0.6 is 0 Å². The van der Waals surface area contributed by atoms with Gasteiger partial charge in [-0.2, -0.15) is 0 Å². The van der Waals surface area contributed by atoms with Crippen LogP contribution in [0.1, 0.15) is 102 Å². The predicted molar refractivity (Wildman–Crippen MR) is 151 cm³/mol. The van der Waals surface area contributed by atoms with Crippen LogP contribution in [-0.4, -0.2) is 57.9 Å². The second-order valence-electron chi connectivity index (χ2n) is 9.83. The van der Waals surface area contributed by atoms with Crippen molar-refractivity contribution in [3.8, 4) is 11.5 Å². The van der Waals surface area contributed by atoms with Crippen LogP contribution in [0.25, 0.3) is 6.08 Å². The number of hydrogen-bond acceptors (Lipinski definition) is 7. The molecule has 0 aliphatic heterocycles. The number of carbonyl (C=O) groups is 2. The summed E-state index contributed by atoms with van der Waals surface area (Å²) in [5, 5.41) is 37.1. The molecule has 0 heterocycles. The average molecular weight is 533 g/mol. The maximum atomic E-state index is 12.1. The second-order valence-corrected chi connectivity index (χ2v) is 9.83. The Morgan fingerprint density at radius 3 is 1.97 bits per heavy atom. The fourth-order valence-electron chi connectivity index (χ4n) is 4.13. The summed E-state index contributed by atoms with van der Waals surface area (Å²) >= 11 is 0. The second kappa shape index (κ2) is 21.5. The monoisotopic (exact) mass is 532 g/mol. The summed E-state index contributed by atoms with van der Waals surface area (Å²) in [6, 6.07) is 5.01. The van der Waals surface area contributed by atoms with Gasteiger partial charge in [0.25, 0.3) is 0 Å². The molecule has 0 spiro atoms. The highest BCUT2D eigenvalue weighted by Crippen LogP contribution is 2.26. The van der Waals surface area contributed by atoms with Gasteiger partial charge in [0.1, 0.15) is 12.2 Å². The summed E-state index contributed by atoms with van der Waals surface area (Å²) in [5.41, 5.74) is 0.822. The molecular weight excluding hydrogens is 484 g/mol. The number of phenolic OH excluding ortho intramolecular Hbond substituents is 1. The van der Waals surface area contributed by atoms with E-state index in [1.807, 2.05) is 0 Å². The van der Waals surface area contributed by atoms with E-state index in [0.717, 1.165) is 63.4 Å². The lowest BCUT2D eigenvalue weighted by Gasteiger charge is -2.13. The number of aliphatic hydroxyl groups is 3. The SMILES string of the molecule is COc1cc(/C=C/C(=O)CCCCCCCC/C=C\CCCCCCCC(=O)C(O)C(O)CO)ccc1O. The number of ether oxygens (including phenoxy) is 1. The zero-order valence-corrected chi connectivity index (χ0v) is 23.0. The van der Waals surface area contributed by atoms with E-state index in [1.165, 1.54) is 26.4 Å². The molecule has 7 nitrogen and oxygen atoms in total. The molecule has 0 fully saturated rings. The quantitative estimate of drug-likeness (QED) is 0.0812. The minimum atomic E-state index is -1.47. The first-order chi connectivity index (χ1) is 18.4. The minimum Gasteiger partial charge on any atom is -0.504 e. The molecule has 7 heteroatoms. The number of unbranched alkanes of at least 4 members (excludes halogenated alkanes) is 11. The molecule has 2 atom stereocenters. The average Bonchev–Trinajstić information content (AvgIpc) is 2.93. The van der Waals surface area contributed by atoms with Gasteiger partial charge < -0.3 is 25.2 Å². The Balaban J connectivity index is 1.92. The van der Waals surface area contributed by atoms with Gasteiger partial charge in [-0.05, 0) is 62.3 Å². The number of benzene rings is 1. The first-order valence-corrected chi connectivity index (χ1v) is 14.1. The molecule has 0 saturated heterocycles. The first kappa shape index (κ1) is 33.5. The molecule has 1 aromatic rings. The van der Waals surface area contributed by atoms with Crippen molar-refractivity contribution in [3.05, 3.63) is 42.0 Å². The van der Waals surface area contributed by atoms with Gasteiger partial charge in [-0.25, -0.2) is 0 Å². The molecular formula is C31H48O7. The number of aliphatic hydroxyl groups excluding tert-OH is 3. The number of ketones is 2. The van der Waals surface area contributed by atoms with Gasteiger partial charge >= 0.3 is 0 Å². The molecule has 2 unspecified atom stereocenters. The number of rotatable bonds is 23. The lowest BCUT2D eigenvalue weighted by molar-refractivity contribution is -0.134. The maximum absolute atomic E-state index is 12.1. The number of methoxy groups -OCH3 is 1. The van der Waals surface area contributed by atoms with Crippen molar-refractivity contribution in [1.29, 1.82) is 0 Å². The molecule has 0 radical (unpaired) electrons. The van der Waals surface area contributed by atoms with E-state index in [9.17, 15) is 24.9 Å². The molecule has 214 valence electrons. The maximum Gasteiger partial charge on any atom is 0.164 e. The molecule has 0 aliphatic carbocycles. The van der Waals surface area contributed by atoms with Crippen molar-refractivity contribution >= 4 is 17.6 Å². The summed E-state index contributed by atoms with van der Waals surface area (Å²) < 4.78 is 5.08. The highest BCUT2D eigenvalue weighted by atomic mass is 16.5. The highest BCUT2D eigenvalue weighted by Gasteiger charge is 2.22. The van der Waals surface area contributed by atoms with Gasteiger partial charge in [0.15, 0.2) is 23.1 Å². The zero-order valence-electron chi connectivity index (χ0n) is 23.0. The molecule has 0 aromatic heterocycles. The van der Waals surface area contributed by atoms with Crippen LogP contribution in [-0.2, 0) is 9.59 Å². The first-order valence-electron chi connectivity index (χ1n) is 14.1. The van der Waals surface area contributed by atoms with Crippen LogP contribution in [0.3, 0.4) is 0 Å². The standard InChI is InChI=1S/C31H48O7/c1-38-30-23-25(20-22-27(30)34)19-21-26(33)17-15-13-11-9-7-5-3-2-4-6-8-10-12-14-16-18-28(35)31(37)29(36)24-32/h2,4,19-23,29,31-32,34,36-37H,3,5-18,24H2,1H3/b4-2-,21-19+. The largest absolute Gasteiger partial charge is 0.504 e. The Kier molecular flexibility index (Phi) is 18.9. The summed E-state index contributed by atoms with van der Waals surface area (Å²) in [6.45, 7) is -0.607. The summed E-state index contributed by atoms with van der Waals surface area (Å²) in [7, 11) is 1.50. The lowest BCUT2D eigenvalue weighted by atomic mass is 10.0. The number of aromatic hydroxyl groups is 1. The molecule has 4 N–H and O–H groups in total. The van der Waals surface area contributed by atoms with E-state index < -0.39 is 24.6 Å². The van der Waals surface area contributed by atoms with Gasteiger partial charge in [-0.1, -0.05) is 69.2 Å². The number of allylic oxidation sites excluding steroid dienone is 3. The fraction of sp³-hybridized carbons (Fsp3) is 0.613. The molecule has 0 amide bonds. The predicted octanol–water partition coefficient (Wildman–Crippen LogP) is 5.67. The minimum absolute atomic E-state index is 0.0838. The number of carbonyl (C=O) groups excluding carboxylic acids is 2. The van der Waals surface area contributed by atoms with E-state index in [4.69, 9.17) is 9.84 Å². The van der Waals surface area contributed by atoms with Crippen LogP contribution in [0.4, 0.5) is 0 Å². The molecule has 0 aliphatic rings. The van der Waals surface area contributed by atoms with E-state index in [2.05, 4.69) is 12.2 Å². The van der Waals surface area contributed by atoms with Gasteiger partial charge in [-0.15, -0.1) is 0 Å². The number of phenols is 1. The third kappa shape index (κ3) is 15.7. The lowest BCUT2D eigenvalue weighted by Crippen LogP contribution is -2.36. The third-order valence-electron chi connectivity index (χ3n) is 6.55. The molecule has 1 rings (SSSR count). The molecule has 0 saturated carbocycles. The van der Waals surface area contributed by atoms with E-state index in [0.29, 0.717) is 18.6 Å². The van der Waals surface area contributed by atoms with Crippen LogP contribution in [0.2, 0.25) is 0 Å². The van der Waals surface area contributed by atoms with Crippen LogP contribution < -0.4 is 4.74 Å². The summed E-state index contributed by atoms with van der Waals surface area (Å²) in [4.78, 5) is 23.7. The summed E-state index contributed by atoms with van der Waals surface area (Å²) in [5.74, 6) is 0.195. The van der Waals surface area contributed by atoms with Crippen molar-refractivity contribution in [2.24, 2.45) is 0 Å². The van der Waals surface area contributed by atoms with Crippen LogP contribution in [0.15, 0.2) is 36.4 Å². The number of Topliss-reactive ketones (excluding diaryl/α,β-unsaturated/α-hetero) is 1. The van der Waals surface area contributed by atoms with Gasteiger partial charge in [0.2, 0.25) is 0 Å². The van der Waals surface area contributed by atoms with E-state index >= 15 is 0 Å².